The van der Waals surface area contributed by atoms with Crippen LogP contribution in [0.4, 0.5) is 0 Å². The average molecular weight is 362 g/mol. The fourth-order valence-corrected chi connectivity index (χ4v) is 4.21. The smallest absolute Gasteiger partial charge is 0.326 e. The van der Waals surface area contributed by atoms with Gasteiger partial charge in [0.05, 0.1) is 5.71 Å². The summed E-state index contributed by atoms with van der Waals surface area (Å²) >= 11 is 0. The van der Waals surface area contributed by atoms with Crippen LogP contribution in [0.5, 0.6) is 0 Å². The lowest BCUT2D eigenvalue weighted by Gasteiger charge is -2.36. The number of hydrogen-bond donors (Lipinski definition) is 2. The highest BCUT2D eigenvalue weighted by Crippen LogP contribution is 2.47. The lowest BCUT2D eigenvalue weighted by molar-refractivity contribution is 0.354. The lowest BCUT2D eigenvalue weighted by atomic mass is 9.65. The zero-order valence-electron chi connectivity index (χ0n) is 15.7. The van der Waals surface area contributed by atoms with Crippen LogP contribution in [-0.2, 0) is 0 Å². The Bertz CT molecular complexity index is 801. The molecule has 0 saturated carbocycles. The standard InChI is InChI=1S/C20H25BN5O/c1-3-17(25-20(22-2)26-6-4-23-5-7-26)15-8-13-9-16(21-27)10-14-11-18(19(13)14)24-12-15/h3,9-12,14-15,19,23,27H,1,4-8H2,2H3/t14?,15?,19-/m0/s1. The molecule has 1 saturated heterocycles. The van der Waals surface area contributed by atoms with Gasteiger partial charge in [-0.05, 0) is 12.5 Å². The molecule has 0 amide bonds. The van der Waals surface area contributed by atoms with Crippen LogP contribution in [0.25, 0.3) is 0 Å². The third kappa shape index (κ3) is 3.49. The Balaban J connectivity index is 1.60. The summed E-state index contributed by atoms with van der Waals surface area (Å²) in [5.41, 5.74) is 4.18. The van der Waals surface area contributed by atoms with Gasteiger partial charge in [-0.3, -0.25) is 9.98 Å². The van der Waals surface area contributed by atoms with Gasteiger partial charge < -0.3 is 15.2 Å². The SMILES string of the molecule is C=CC(=NC(=NC)N1CCNCC1)C1C=NC2=CC3C=C([B]O)C=C(C1)[C@H]23. The zero-order chi connectivity index (χ0) is 18.8. The van der Waals surface area contributed by atoms with Crippen molar-refractivity contribution in [1.29, 1.82) is 0 Å². The Hall–Kier alpha value is -2.25. The van der Waals surface area contributed by atoms with Crippen molar-refractivity contribution in [2.75, 3.05) is 33.2 Å². The molecule has 0 aromatic carbocycles. The minimum absolute atomic E-state index is 0.0543. The van der Waals surface area contributed by atoms with E-state index in [0.29, 0.717) is 11.8 Å². The molecule has 4 aliphatic rings. The fraction of sp³-hybridized carbons (Fsp3) is 0.450. The Morgan fingerprint density at radius 3 is 2.93 bits per heavy atom. The van der Waals surface area contributed by atoms with Crippen molar-refractivity contribution in [2.45, 2.75) is 6.42 Å². The molecule has 4 rings (SSSR count). The van der Waals surface area contributed by atoms with E-state index in [1.165, 1.54) is 13.1 Å². The maximum atomic E-state index is 9.45. The van der Waals surface area contributed by atoms with Crippen molar-refractivity contribution in [1.82, 2.24) is 10.2 Å². The van der Waals surface area contributed by atoms with E-state index >= 15 is 0 Å². The summed E-state index contributed by atoms with van der Waals surface area (Å²) in [5, 5.41) is 12.8. The third-order valence-corrected chi connectivity index (χ3v) is 5.63. The van der Waals surface area contributed by atoms with Crippen LogP contribution in [0.1, 0.15) is 6.42 Å². The molecular weight excluding hydrogens is 337 g/mol. The molecule has 2 unspecified atom stereocenters. The first kappa shape index (κ1) is 18.1. The Labute approximate surface area is 161 Å². The number of hydrogen-bond acceptors (Lipinski definition) is 4. The molecule has 6 nitrogen and oxygen atoms in total. The van der Waals surface area contributed by atoms with E-state index in [9.17, 15) is 5.02 Å². The second kappa shape index (κ2) is 7.78. The molecule has 2 aliphatic heterocycles. The number of nitrogens with one attached hydrogen (secondary N) is 1. The highest BCUT2D eigenvalue weighted by atomic mass is 16.2. The van der Waals surface area contributed by atoms with E-state index in [1.807, 2.05) is 12.3 Å². The van der Waals surface area contributed by atoms with Gasteiger partial charge in [0, 0.05) is 62.9 Å². The quantitative estimate of drug-likeness (QED) is 0.450. The van der Waals surface area contributed by atoms with Gasteiger partial charge in [0.1, 0.15) is 0 Å². The van der Waals surface area contributed by atoms with Gasteiger partial charge in [0.25, 0.3) is 0 Å². The normalized spacial score (nSPS) is 30.4. The summed E-state index contributed by atoms with van der Waals surface area (Å²) < 4.78 is 0. The summed E-state index contributed by atoms with van der Waals surface area (Å²) in [4.78, 5) is 16.2. The Kier molecular flexibility index (Phi) is 5.23. The van der Waals surface area contributed by atoms with Gasteiger partial charge in [-0.1, -0.05) is 35.9 Å². The van der Waals surface area contributed by atoms with Crippen LogP contribution in [0.2, 0.25) is 0 Å². The first-order valence-corrected chi connectivity index (χ1v) is 9.52. The van der Waals surface area contributed by atoms with Gasteiger partial charge in [-0.15, -0.1) is 0 Å². The first-order chi connectivity index (χ1) is 13.2. The minimum Gasteiger partial charge on any atom is -0.450 e. The Morgan fingerprint density at radius 1 is 1.41 bits per heavy atom. The number of aliphatic imine (C=N–C) groups is 3. The van der Waals surface area contributed by atoms with E-state index in [2.05, 4.69) is 40.0 Å². The van der Waals surface area contributed by atoms with Crippen LogP contribution in [0, 0.1) is 17.8 Å². The zero-order valence-corrected chi connectivity index (χ0v) is 15.7. The molecule has 2 heterocycles. The van der Waals surface area contributed by atoms with Crippen LogP contribution in [-0.4, -0.2) is 68.5 Å². The number of allylic oxidation sites excluding steroid dienone is 6. The van der Waals surface area contributed by atoms with Gasteiger partial charge >= 0.3 is 7.48 Å². The number of guanidine groups is 1. The van der Waals surface area contributed by atoms with Crippen LogP contribution < -0.4 is 5.32 Å². The fourth-order valence-electron chi connectivity index (χ4n) is 4.21. The average Bonchev–Trinajstić information content (AvgIpc) is 2.85. The molecule has 0 bridgehead atoms. The molecular formula is C20H25BN5O. The minimum atomic E-state index is 0.0543. The van der Waals surface area contributed by atoms with Crippen molar-refractivity contribution in [2.24, 2.45) is 32.7 Å². The van der Waals surface area contributed by atoms with Gasteiger partial charge in [-0.25, -0.2) is 4.99 Å². The van der Waals surface area contributed by atoms with Gasteiger partial charge in [0.2, 0.25) is 5.96 Å². The van der Waals surface area contributed by atoms with E-state index < -0.39 is 0 Å². The van der Waals surface area contributed by atoms with Crippen molar-refractivity contribution in [3.63, 3.8) is 0 Å². The maximum Gasteiger partial charge on any atom is 0.326 e. The summed E-state index contributed by atoms with van der Waals surface area (Å²) in [5.74, 6) is 1.49. The molecule has 1 fully saturated rings. The van der Waals surface area contributed by atoms with E-state index in [-0.39, 0.29) is 5.92 Å². The lowest BCUT2D eigenvalue weighted by Crippen LogP contribution is -2.46. The summed E-state index contributed by atoms with van der Waals surface area (Å²) in [6, 6.07) is 0. The number of nitrogens with zero attached hydrogens (tertiary/aromatic N) is 4. The topological polar surface area (TPSA) is 72.6 Å². The Morgan fingerprint density at radius 2 is 2.22 bits per heavy atom. The molecule has 27 heavy (non-hydrogen) atoms. The van der Waals surface area contributed by atoms with Gasteiger partial charge in [0.15, 0.2) is 0 Å². The molecule has 0 spiro atoms. The second-order valence-corrected chi connectivity index (χ2v) is 7.25. The first-order valence-electron chi connectivity index (χ1n) is 9.52. The summed E-state index contributed by atoms with van der Waals surface area (Å²) in [6.07, 6.45) is 11.0. The molecule has 139 valence electrons. The summed E-state index contributed by atoms with van der Waals surface area (Å²) in [6.45, 7) is 7.69. The van der Waals surface area contributed by atoms with Crippen molar-refractivity contribution >= 4 is 25.4 Å². The monoisotopic (exact) mass is 362 g/mol. The molecule has 2 N–H and O–H groups in total. The molecule has 2 aliphatic carbocycles. The predicted molar refractivity (Wildman–Crippen MR) is 111 cm³/mol. The number of rotatable bonds is 3. The van der Waals surface area contributed by atoms with E-state index in [0.717, 1.165) is 55.4 Å². The molecule has 7 heteroatoms. The van der Waals surface area contributed by atoms with E-state index in [4.69, 9.17) is 9.98 Å². The van der Waals surface area contributed by atoms with Crippen LogP contribution >= 0.6 is 0 Å². The largest absolute Gasteiger partial charge is 0.450 e. The maximum absolute atomic E-state index is 9.45. The van der Waals surface area contributed by atoms with Crippen LogP contribution in [0.15, 0.2) is 62.6 Å². The van der Waals surface area contributed by atoms with E-state index in [1.54, 1.807) is 7.05 Å². The summed E-state index contributed by atoms with van der Waals surface area (Å²) in [7, 11) is 2.97. The molecule has 3 atom stereocenters. The molecule has 1 radical (unpaired) electrons. The van der Waals surface area contributed by atoms with Crippen LogP contribution in [0.3, 0.4) is 0 Å². The molecule has 0 aromatic rings. The molecule has 0 aromatic heterocycles. The van der Waals surface area contributed by atoms with Crippen molar-refractivity contribution in [3.8, 4) is 0 Å². The third-order valence-electron chi connectivity index (χ3n) is 5.63. The van der Waals surface area contributed by atoms with Crippen molar-refractivity contribution < 1.29 is 5.02 Å². The second-order valence-electron chi connectivity index (χ2n) is 7.25. The van der Waals surface area contributed by atoms with Gasteiger partial charge in [-0.2, -0.15) is 0 Å². The highest BCUT2D eigenvalue weighted by molar-refractivity contribution is 6.37. The number of piperazine rings is 1. The highest BCUT2D eigenvalue weighted by Gasteiger charge is 2.39. The van der Waals surface area contributed by atoms with Crippen molar-refractivity contribution in [3.05, 3.63) is 47.6 Å². The predicted octanol–water partition coefficient (Wildman–Crippen LogP) is 1.16.